The maximum Gasteiger partial charge on any atom is 0.258 e. The Kier molecular flexibility index (Phi) is 4.63. The number of hydrogen-bond donors (Lipinski definition) is 2. The third-order valence-electron chi connectivity index (χ3n) is 2.75. The van der Waals surface area contributed by atoms with Gasteiger partial charge in [-0.3, -0.25) is 9.59 Å². The summed E-state index contributed by atoms with van der Waals surface area (Å²) >= 11 is 0. The number of anilines is 2. The second-order valence-electron chi connectivity index (χ2n) is 4.35. The predicted octanol–water partition coefficient (Wildman–Crippen LogP) is 3.34. The van der Waals surface area contributed by atoms with Gasteiger partial charge in [0.25, 0.3) is 5.91 Å². The molecule has 0 spiro atoms. The molecule has 2 amide bonds. The van der Waals surface area contributed by atoms with Crippen LogP contribution in [0.15, 0.2) is 55.1 Å². The van der Waals surface area contributed by atoms with E-state index >= 15 is 0 Å². The highest BCUT2D eigenvalue weighted by Gasteiger charge is 2.13. The number of rotatable bonds is 4. The van der Waals surface area contributed by atoms with E-state index in [9.17, 15) is 18.4 Å². The van der Waals surface area contributed by atoms with Crippen molar-refractivity contribution in [3.8, 4) is 0 Å². The molecule has 0 saturated heterocycles. The van der Waals surface area contributed by atoms with Crippen LogP contribution in [0.5, 0.6) is 0 Å². The van der Waals surface area contributed by atoms with Gasteiger partial charge >= 0.3 is 0 Å². The average Bonchev–Trinajstić information content (AvgIpc) is 2.47. The van der Waals surface area contributed by atoms with Crippen molar-refractivity contribution in [3.05, 3.63) is 72.3 Å². The van der Waals surface area contributed by atoms with Crippen LogP contribution in [0.25, 0.3) is 0 Å². The zero-order valence-corrected chi connectivity index (χ0v) is 11.4. The molecule has 0 aliphatic carbocycles. The number of halogens is 2. The van der Waals surface area contributed by atoms with E-state index < -0.39 is 23.4 Å². The average molecular weight is 302 g/mol. The van der Waals surface area contributed by atoms with Crippen LogP contribution < -0.4 is 10.6 Å². The Morgan fingerprint density at radius 3 is 2.36 bits per heavy atom. The van der Waals surface area contributed by atoms with Crippen LogP contribution in [0.3, 0.4) is 0 Å². The van der Waals surface area contributed by atoms with E-state index in [2.05, 4.69) is 17.2 Å². The van der Waals surface area contributed by atoms with E-state index in [0.717, 1.165) is 18.2 Å². The molecule has 0 fully saturated rings. The number of hydrogen-bond acceptors (Lipinski definition) is 2. The van der Waals surface area contributed by atoms with Crippen molar-refractivity contribution in [1.29, 1.82) is 0 Å². The molecule has 2 aromatic carbocycles. The first kappa shape index (κ1) is 15.4. The summed E-state index contributed by atoms with van der Waals surface area (Å²) in [6.45, 7) is 3.28. The third kappa shape index (κ3) is 3.76. The van der Waals surface area contributed by atoms with Gasteiger partial charge < -0.3 is 10.6 Å². The second kappa shape index (κ2) is 6.62. The Morgan fingerprint density at radius 1 is 1.00 bits per heavy atom. The van der Waals surface area contributed by atoms with Gasteiger partial charge in [-0.05, 0) is 42.5 Å². The second-order valence-corrected chi connectivity index (χ2v) is 4.35. The van der Waals surface area contributed by atoms with E-state index in [0.29, 0.717) is 0 Å². The Morgan fingerprint density at radius 2 is 1.73 bits per heavy atom. The summed E-state index contributed by atoms with van der Waals surface area (Å²) in [6, 6.07) is 8.88. The number of carbonyl (C=O) groups is 2. The maximum atomic E-state index is 13.9. The summed E-state index contributed by atoms with van der Waals surface area (Å²) < 4.78 is 27.0. The van der Waals surface area contributed by atoms with Gasteiger partial charge in [-0.15, -0.1) is 0 Å². The molecule has 6 heteroatoms. The van der Waals surface area contributed by atoms with Crippen LogP contribution in [0, 0.1) is 11.6 Å². The Balaban J connectivity index is 2.16. The van der Waals surface area contributed by atoms with Gasteiger partial charge in [0.2, 0.25) is 5.91 Å². The molecule has 4 nitrogen and oxygen atoms in total. The SMILES string of the molecule is C=CC(=O)Nc1ccc(C(=O)Nc2cccc(F)c2)c(F)c1. The fraction of sp³-hybridized carbons (Fsp3) is 0. The van der Waals surface area contributed by atoms with E-state index in [1.807, 2.05) is 0 Å². The van der Waals surface area contributed by atoms with Crippen LogP contribution in [0.1, 0.15) is 10.4 Å². The third-order valence-corrected chi connectivity index (χ3v) is 2.75. The van der Waals surface area contributed by atoms with Crippen LogP contribution in [0.2, 0.25) is 0 Å². The van der Waals surface area contributed by atoms with Crippen molar-refractivity contribution < 1.29 is 18.4 Å². The van der Waals surface area contributed by atoms with Crippen molar-refractivity contribution in [2.75, 3.05) is 10.6 Å². The highest BCUT2D eigenvalue weighted by atomic mass is 19.1. The molecule has 0 aromatic heterocycles. The van der Waals surface area contributed by atoms with Gasteiger partial charge in [-0.25, -0.2) is 8.78 Å². The highest BCUT2D eigenvalue weighted by molar-refractivity contribution is 6.05. The summed E-state index contributed by atoms with van der Waals surface area (Å²) in [4.78, 5) is 23.1. The molecule has 0 bridgehead atoms. The minimum atomic E-state index is -0.809. The van der Waals surface area contributed by atoms with Crippen molar-refractivity contribution in [1.82, 2.24) is 0 Å². The zero-order valence-electron chi connectivity index (χ0n) is 11.4. The quantitative estimate of drug-likeness (QED) is 0.851. The lowest BCUT2D eigenvalue weighted by Gasteiger charge is -2.08. The Bertz CT molecular complexity index is 745. The van der Waals surface area contributed by atoms with Crippen molar-refractivity contribution in [2.45, 2.75) is 0 Å². The van der Waals surface area contributed by atoms with E-state index in [1.165, 1.54) is 30.3 Å². The molecule has 0 atom stereocenters. The molecular formula is C16H12F2N2O2. The molecular weight excluding hydrogens is 290 g/mol. The van der Waals surface area contributed by atoms with Crippen molar-refractivity contribution in [3.63, 3.8) is 0 Å². The largest absolute Gasteiger partial charge is 0.322 e. The van der Waals surface area contributed by atoms with Crippen LogP contribution in [0.4, 0.5) is 20.2 Å². The molecule has 0 unspecified atom stereocenters. The van der Waals surface area contributed by atoms with E-state index in [-0.39, 0.29) is 16.9 Å². The van der Waals surface area contributed by atoms with Crippen LogP contribution >= 0.6 is 0 Å². The summed E-state index contributed by atoms with van der Waals surface area (Å²) in [5, 5.41) is 4.77. The smallest absolute Gasteiger partial charge is 0.258 e. The minimum absolute atomic E-state index is 0.199. The molecule has 0 aliphatic rings. The predicted molar refractivity (Wildman–Crippen MR) is 79.6 cm³/mol. The maximum absolute atomic E-state index is 13.9. The van der Waals surface area contributed by atoms with Crippen molar-refractivity contribution >= 4 is 23.2 Å². The van der Waals surface area contributed by atoms with Crippen molar-refractivity contribution in [2.24, 2.45) is 0 Å². The first-order chi connectivity index (χ1) is 10.5. The van der Waals surface area contributed by atoms with Crippen LogP contribution in [-0.2, 0) is 4.79 Å². The molecule has 0 heterocycles. The molecule has 2 rings (SSSR count). The normalized spacial score (nSPS) is 9.91. The summed E-state index contributed by atoms with van der Waals surface area (Å²) in [7, 11) is 0. The summed E-state index contributed by atoms with van der Waals surface area (Å²) in [6.07, 6.45) is 1.04. The molecule has 2 aromatic rings. The van der Waals surface area contributed by atoms with Gasteiger partial charge in [0.15, 0.2) is 0 Å². The van der Waals surface area contributed by atoms with Gasteiger partial charge in [-0.1, -0.05) is 12.6 Å². The monoisotopic (exact) mass is 302 g/mol. The van der Waals surface area contributed by atoms with Gasteiger partial charge in [0, 0.05) is 11.4 Å². The van der Waals surface area contributed by atoms with Gasteiger partial charge in [0.05, 0.1) is 5.56 Å². The molecule has 0 radical (unpaired) electrons. The molecule has 0 aliphatic heterocycles. The molecule has 22 heavy (non-hydrogen) atoms. The lowest BCUT2D eigenvalue weighted by atomic mass is 10.1. The number of nitrogens with one attached hydrogen (secondary N) is 2. The Labute approximate surface area is 125 Å². The molecule has 2 N–H and O–H groups in total. The minimum Gasteiger partial charge on any atom is -0.322 e. The standard InChI is InChI=1S/C16H12F2N2O2/c1-2-15(21)19-12-6-7-13(14(18)9-12)16(22)20-11-5-3-4-10(17)8-11/h2-9H,1H2,(H,19,21)(H,20,22). The first-order valence-corrected chi connectivity index (χ1v) is 6.29. The lowest BCUT2D eigenvalue weighted by molar-refractivity contribution is -0.111. The summed E-state index contributed by atoms with van der Waals surface area (Å²) in [5.41, 5.74) is 0.194. The summed E-state index contributed by atoms with van der Waals surface area (Å²) in [5.74, 6) is -2.53. The van der Waals surface area contributed by atoms with Crippen LogP contribution in [-0.4, -0.2) is 11.8 Å². The fourth-order valence-electron chi connectivity index (χ4n) is 1.73. The number of carbonyl (C=O) groups excluding carboxylic acids is 2. The lowest BCUT2D eigenvalue weighted by Crippen LogP contribution is -2.14. The zero-order chi connectivity index (χ0) is 16.1. The van der Waals surface area contributed by atoms with E-state index in [1.54, 1.807) is 0 Å². The highest BCUT2D eigenvalue weighted by Crippen LogP contribution is 2.17. The Hall–Kier alpha value is -3.02. The number of amides is 2. The topological polar surface area (TPSA) is 58.2 Å². The van der Waals surface area contributed by atoms with E-state index in [4.69, 9.17) is 0 Å². The molecule has 0 saturated carbocycles. The fourth-order valence-corrected chi connectivity index (χ4v) is 1.73. The molecule has 112 valence electrons. The van der Waals surface area contributed by atoms with Gasteiger partial charge in [0.1, 0.15) is 11.6 Å². The number of benzene rings is 2. The van der Waals surface area contributed by atoms with Gasteiger partial charge in [-0.2, -0.15) is 0 Å². The first-order valence-electron chi connectivity index (χ1n) is 6.29.